The normalized spacial score (nSPS) is 10.3. The minimum absolute atomic E-state index is 0.0239. The number of thiol groups is 1. The van der Waals surface area contributed by atoms with Gasteiger partial charge in [0.25, 0.3) is 0 Å². The zero-order chi connectivity index (χ0) is 15.6. The third-order valence-corrected chi connectivity index (χ3v) is 3.68. The molecule has 21 heavy (non-hydrogen) atoms. The highest BCUT2D eigenvalue weighted by Crippen LogP contribution is 2.38. The summed E-state index contributed by atoms with van der Waals surface area (Å²) in [6, 6.07) is 8.67. The van der Waals surface area contributed by atoms with Crippen molar-refractivity contribution in [3.05, 3.63) is 51.5 Å². The fraction of sp³-hybridized carbons (Fsp3) is 0. The number of anilines is 2. The number of hydrogen-bond donors (Lipinski definition) is 3. The number of halogens is 3. The van der Waals surface area contributed by atoms with Gasteiger partial charge in [-0.25, -0.2) is 9.10 Å². The first-order chi connectivity index (χ1) is 9.88. The van der Waals surface area contributed by atoms with E-state index in [1.807, 2.05) is 0 Å². The molecule has 2 N–H and O–H groups in total. The molecule has 2 aromatic rings. The van der Waals surface area contributed by atoms with Crippen LogP contribution in [0, 0.1) is 0 Å². The average Bonchev–Trinajstić information content (AvgIpc) is 2.44. The molecule has 0 radical (unpaired) electrons. The van der Waals surface area contributed by atoms with Gasteiger partial charge in [0.1, 0.15) is 5.69 Å². The lowest BCUT2D eigenvalue weighted by Gasteiger charge is -2.18. The average molecular weight is 364 g/mol. The van der Waals surface area contributed by atoms with Gasteiger partial charge >= 0.3 is 6.03 Å². The van der Waals surface area contributed by atoms with Gasteiger partial charge in [-0.1, -0.05) is 47.6 Å². The van der Waals surface area contributed by atoms with Crippen LogP contribution in [0.2, 0.25) is 15.1 Å². The number of carbonyl (C=O) groups is 1. The Kier molecular flexibility index (Phi) is 5.11. The van der Waals surface area contributed by atoms with E-state index in [-0.39, 0.29) is 21.5 Å². The van der Waals surface area contributed by atoms with Crippen molar-refractivity contribution in [1.29, 1.82) is 0 Å². The summed E-state index contributed by atoms with van der Waals surface area (Å²) in [5, 5.41) is 13.3. The molecule has 0 unspecified atom stereocenters. The van der Waals surface area contributed by atoms with Crippen molar-refractivity contribution in [2.75, 3.05) is 9.62 Å². The molecule has 0 atom stereocenters. The summed E-state index contributed by atoms with van der Waals surface area (Å²) in [7, 11) is 0. The number of urea groups is 1. The fourth-order valence-electron chi connectivity index (χ4n) is 1.53. The number of amides is 2. The SMILES string of the molecule is O=C(Nc1ccc(Cl)cc1)N(S)c1cc(Cl)cc(Cl)c1O. The smallest absolute Gasteiger partial charge is 0.336 e. The molecular formula is C13H9Cl3N2O2S. The van der Waals surface area contributed by atoms with Crippen LogP contribution in [0.1, 0.15) is 0 Å². The van der Waals surface area contributed by atoms with E-state index in [2.05, 4.69) is 18.1 Å². The fourth-order valence-corrected chi connectivity index (χ4v) is 2.34. The number of rotatable bonds is 2. The van der Waals surface area contributed by atoms with Crippen molar-refractivity contribution in [2.45, 2.75) is 0 Å². The molecule has 0 saturated carbocycles. The Morgan fingerprint density at radius 3 is 2.33 bits per heavy atom. The van der Waals surface area contributed by atoms with Crippen LogP contribution >= 0.6 is 47.6 Å². The van der Waals surface area contributed by atoms with Crippen molar-refractivity contribution >= 4 is 65.0 Å². The molecule has 2 aromatic carbocycles. The van der Waals surface area contributed by atoms with Crippen molar-refractivity contribution in [2.24, 2.45) is 0 Å². The summed E-state index contributed by atoms with van der Waals surface area (Å²) in [5.74, 6) is -0.290. The van der Waals surface area contributed by atoms with E-state index in [4.69, 9.17) is 34.8 Å². The maximum Gasteiger partial charge on any atom is 0.336 e. The first kappa shape index (κ1) is 16.1. The van der Waals surface area contributed by atoms with Crippen LogP contribution in [-0.4, -0.2) is 11.1 Å². The highest BCUT2D eigenvalue weighted by Gasteiger charge is 2.18. The van der Waals surface area contributed by atoms with Gasteiger partial charge in [-0.3, -0.25) is 0 Å². The lowest BCUT2D eigenvalue weighted by Crippen LogP contribution is -2.26. The number of phenols is 1. The number of benzene rings is 2. The minimum Gasteiger partial charge on any atom is -0.504 e. The largest absolute Gasteiger partial charge is 0.504 e. The van der Waals surface area contributed by atoms with Crippen molar-refractivity contribution in [3.8, 4) is 5.75 Å². The second-order valence-corrected chi connectivity index (χ2v) is 5.68. The van der Waals surface area contributed by atoms with Gasteiger partial charge in [0, 0.05) is 15.7 Å². The molecule has 2 rings (SSSR count). The Morgan fingerprint density at radius 1 is 1.10 bits per heavy atom. The number of hydrogen-bond acceptors (Lipinski definition) is 3. The molecule has 0 bridgehead atoms. The van der Waals surface area contributed by atoms with Crippen molar-refractivity contribution < 1.29 is 9.90 Å². The first-order valence-electron chi connectivity index (χ1n) is 5.62. The minimum atomic E-state index is -0.589. The van der Waals surface area contributed by atoms with Gasteiger partial charge in [0.15, 0.2) is 5.75 Å². The van der Waals surface area contributed by atoms with Gasteiger partial charge in [-0.05, 0) is 36.4 Å². The molecule has 0 saturated heterocycles. The Balaban J connectivity index is 2.21. The van der Waals surface area contributed by atoms with Gasteiger partial charge < -0.3 is 10.4 Å². The molecule has 0 aliphatic rings. The Hall–Kier alpha value is -1.27. The van der Waals surface area contributed by atoms with E-state index in [1.165, 1.54) is 12.1 Å². The predicted molar refractivity (Wildman–Crippen MR) is 90.1 cm³/mol. The second-order valence-electron chi connectivity index (χ2n) is 4.00. The molecule has 8 heteroatoms. The lowest BCUT2D eigenvalue weighted by molar-refractivity contribution is 0.260. The Bertz CT molecular complexity index is 680. The molecule has 0 aromatic heterocycles. The molecule has 0 heterocycles. The second kappa shape index (κ2) is 6.66. The molecule has 2 amide bonds. The summed E-state index contributed by atoms with van der Waals surface area (Å²) in [6.07, 6.45) is 0. The van der Waals surface area contributed by atoms with Gasteiger partial charge in [0.05, 0.1) is 5.02 Å². The van der Waals surface area contributed by atoms with Crippen LogP contribution in [0.4, 0.5) is 16.2 Å². The maximum absolute atomic E-state index is 12.1. The summed E-state index contributed by atoms with van der Waals surface area (Å²) >= 11 is 21.5. The molecule has 0 aliphatic carbocycles. The third-order valence-electron chi connectivity index (χ3n) is 2.52. The monoisotopic (exact) mass is 362 g/mol. The maximum atomic E-state index is 12.1. The predicted octanol–water partition coefficient (Wildman–Crippen LogP) is 5.24. The summed E-state index contributed by atoms with van der Waals surface area (Å²) in [4.78, 5) is 12.1. The van der Waals surface area contributed by atoms with Crippen LogP contribution in [0.5, 0.6) is 5.75 Å². The van der Waals surface area contributed by atoms with Crippen LogP contribution in [-0.2, 0) is 0 Å². The molecular weight excluding hydrogens is 355 g/mol. The summed E-state index contributed by atoms with van der Waals surface area (Å²) in [5.41, 5.74) is 0.596. The quantitative estimate of drug-likeness (QED) is 0.639. The number of carbonyl (C=O) groups excluding carboxylic acids is 1. The number of nitrogens with one attached hydrogen (secondary N) is 1. The van der Waals surface area contributed by atoms with E-state index >= 15 is 0 Å². The van der Waals surface area contributed by atoms with Crippen LogP contribution < -0.4 is 9.62 Å². The van der Waals surface area contributed by atoms with E-state index in [0.29, 0.717) is 10.7 Å². The highest BCUT2D eigenvalue weighted by atomic mass is 35.5. The number of aromatic hydroxyl groups is 1. The number of nitrogens with zero attached hydrogens (tertiary/aromatic N) is 1. The summed E-state index contributed by atoms with van der Waals surface area (Å²) in [6.45, 7) is 0. The van der Waals surface area contributed by atoms with Crippen LogP contribution in [0.3, 0.4) is 0 Å². The zero-order valence-electron chi connectivity index (χ0n) is 10.3. The number of phenolic OH excluding ortho intramolecular Hbond substituents is 1. The van der Waals surface area contributed by atoms with E-state index in [9.17, 15) is 9.90 Å². The zero-order valence-corrected chi connectivity index (χ0v) is 13.5. The first-order valence-corrected chi connectivity index (χ1v) is 7.15. The topological polar surface area (TPSA) is 52.6 Å². The Labute approximate surface area is 141 Å². The van der Waals surface area contributed by atoms with Crippen molar-refractivity contribution in [3.63, 3.8) is 0 Å². The standard InChI is InChI=1S/C13H9Cl3N2O2S/c14-7-1-3-9(4-2-7)17-13(20)18(21)11-6-8(15)5-10(16)12(11)19/h1-6,19,21H,(H,17,20). The van der Waals surface area contributed by atoms with Crippen LogP contribution in [0.25, 0.3) is 0 Å². The molecule has 110 valence electrons. The summed E-state index contributed by atoms with van der Waals surface area (Å²) < 4.78 is 0.904. The molecule has 0 aliphatic heterocycles. The third kappa shape index (κ3) is 3.89. The van der Waals surface area contributed by atoms with Gasteiger partial charge in [-0.15, -0.1) is 0 Å². The molecule has 0 spiro atoms. The van der Waals surface area contributed by atoms with E-state index in [1.54, 1.807) is 24.3 Å². The van der Waals surface area contributed by atoms with Crippen LogP contribution in [0.15, 0.2) is 36.4 Å². The molecule has 4 nitrogen and oxygen atoms in total. The van der Waals surface area contributed by atoms with Gasteiger partial charge in [-0.2, -0.15) is 0 Å². The Morgan fingerprint density at radius 2 is 1.71 bits per heavy atom. The highest BCUT2D eigenvalue weighted by molar-refractivity contribution is 7.82. The van der Waals surface area contributed by atoms with E-state index < -0.39 is 6.03 Å². The van der Waals surface area contributed by atoms with Crippen molar-refractivity contribution in [1.82, 2.24) is 0 Å². The molecule has 0 fully saturated rings. The lowest BCUT2D eigenvalue weighted by atomic mass is 10.3. The van der Waals surface area contributed by atoms with Gasteiger partial charge in [0.2, 0.25) is 0 Å². The van der Waals surface area contributed by atoms with E-state index in [0.717, 1.165) is 4.31 Å².